The number of rotatable bonds is 3. The molecule has 1 heterocycles. The van der Waals surface area contributed by atoms with E-state index in [4.69, 9.17) is 0 Å². The Labute approximate surface area is 67.9 Å². The minimum Gasteiger partial charge on any atom is -0.366 e. The second-order valence-corrected chi connectivity index (χ2v) is 2.96. The van der Waals surface area contributed by atoms with Crippen molar-refractivity contribution in [3.05, 3.63) is 12.3 Å². The van der Waals surface area contributed by atoms with Crippen LogP contribution in [0.5, 0.6) is 0 Å². The standard InChI is InChI=1S/C9H15NO/c1-3-8(2)10-6-4-5-9(10)7-11/h7,9H,2-6H2,1H3/t9-/m0/s1. The van der Waals surface area contributed by atoms with Crippen LogP contribution in [0, 0.1) is 0 Å². The zero-order valence-electron chi connectivity index (χ0n) is 7.05. The first-order valence-electron chi connectivity index (χ1n) is 4.19. The lowest BCUT2D eigenvalue weighted by Crippen LogP contribution is -2.28. The van der Waals surface area contributed by atoms with Crippen LogP contribution in [-0.4, -0.2) is 23.8 Å². The maximum atomic E-state index is 10.6. The van der Waals surface area contributed by atoms with Crippen LogP contribution in [0.3, 0.4) is 0 Å². The molecule has 0 aromatic heterocycles. The largest absolute Gasteiger partial charge is 0.366 e. The monoisotopic (exact) mass is 153 g/mol. The quantitative estimate of drug-likeness (QED) is 0.574. The first kappa shape index (κ1) is 8.31. The van der Waals surface area contributed by atoms with Crippen molar-refractivity contribution in [1.29, 1.82) is 0 Å². The maximum Gasteiger partial charge on any atom is 0.142 e. The van der Waals surface area contributed by atoms with Crippen molar-refractivity contribution in [3.8, 4) is 0 Å². The predicted octanol–water partition coefficient (Wildman–Crippen LogP) is 1.57. The molecule has 1 aliphatic rings. The van der Waals surface area contributed by atoms with Gasteiger partial charge in [0.25, 0.3) is 0 Å². The smallest absolute Gasteiger partial charge is 0.142 e. The Morgan fingerprint density at radius 2 is 2.55 bits per heavy atom. The molecule has 0 spiro atoms. The van der Waals surface area contributed by atoms with Gasteiger partial charge < -0.3 is 9.69 Å². The summed E-state index contributed by atoms with van der Waals surface area (Å²) in [6.45, 7) is 7.00. The molecule has 0 radical (unpaired) electrons. The Balaban J connectivity index is 2.56. The summed E-state index contributed by atoms with van der Waals surface area (Å²) in [4.78, 5) is 12.7. The summed E-state index contributed by atoms with van der Waals surface area (Å²) in [6, 6.07) is 0.113. The maximum absolute atomic E-state index is 10.6. The van der Waals surface area contributed by atoms with E-state index in [0.29, 0.717) is 0 Å². The first-order chi connectivity index (χ1) is 5.29. The highest BCUT2D eigenvalue weighted by Crippen LogP contribution is 2.20. The van der Waals surface area contributed by atoms with Gasteiger partial charge in [-0.3, -0.25) is 0 Å². The average molecular weight is 153 g/mol. The highest BCUT2D eigenvalue weighted by molar-refractivity contribution is 5.58. The molecule has 0 aromatic carbocycles. The molecular weight excluding hydrogens is 138 g/mol. The van der Waals surface area contributed by atoms with Crippen LogP contribution in [0.2, 0.25) is 0 Å². The van der Waals surface area contributed by atoms with Gasteiger partial charge in [-0.2, -0.15) is 0 Å². The van der Waals surface area contributed by atoms with Crippen molar-refractivity contribution in [2.75, 3.05) is 6.54 Å². The van der Waals surface area contributed by atoms with Gasteiger partial charge >= 0.3 is 0 Å². The van der Waals surface area contributed by atoms with Crippen LogP contribution in [0.15, 0.2) is 12.3 Å². The van der Waals surface area contributed by atoms with Crippen LogP contribution in [-0.2, 0) is 4.79 Å². The van der Waals surface area contributed by atoms with E-state index in [0.717, 1.165) is 37.8 Å². The van der Waals surface area contributed by atoms with Crippen molar-refractivity contribution >= 4 is 6.29 Å². The van der Waals surface area contributed by atoms with Gasteiger partial charge in [0.15, 0.2) is 0 Å². The van der Waals surface area contributed by atoms with Gasteiger partial charge in [-0.1, -0.05) is 13.5 Å². The Hall–Kier alpha value is -0.790. The molecule has 0 amide bonds. The van der Waals surface area contributed by atoms with Gasteiger partial charge in [-0.25, -0.2) is 0 Å². The van der Waals surface area contributed by atoms with E-state index in [9.17, 15) is 4.79 Å². The zero-order chi connectivity index (χ0) is 8.27. The Kier molecular flexibility index (Phi) is 2.69. The molecule has 0 unspecified atom stereocenters. The summed E-state index contributed by atoms with van der Waals surface area (Å²) in [7, 11) is 0. The molecule has 1 saturated heterocycles. The fourth-order valence-electron chi connectivity index (χ4n) is 1.53. The van der Waals surface area contributed by atoms with E-state index >= 15 is 0 Å². The normalized spacial score (nSPS) is 23.7. The molecule has 0 saturated carbocycles. The van der Waals surface area contributed by atoms with E-state index in [-0.39, 0.29) is 6.04 Å². The molecule has 0 aliphatic carbocycles. The molecule has 0 aromatic rings. The Morgan fingerprint density at radius 1 is 1.82 bits per heavy atom. The molecule has 1 aliphatic heterocycles. The van der Waals surface area contributed by atoms with E-state index in [1.54, 1.807) is 0 Å². The van der Waals surface area contributed by atoms with Crippen molar-refractivity contribution in [3.63, 3.8) is 0 Å². The van der Waals surface area contributed by atoms with Crippen LogP contribution in [0.25, 0.3) is 0 Å². The number of nitrogens with zero attached hydrogens (tertiary/aromatic N) is 1. The van der Waals surface area contributed by atoms with Crippen molar-refractivity contribution < 1.29 is 4.79 Å². The van der Waals surface area contributed by atoms with Gasteiger partial charge in [-0.15, -0.1) is 0 Å². The second kappa shape index (κ2) is 3.56. The van der Waals surface area contributed by atoms with Crippen LogP contribution in [0.4, 0.5) is 0 Å². The summed E-state index contributed by atoms with van der Waals surface area (Å²) < 4.78 is 0. The second-order valence-electron chi connectivity index (χ2n) is 2.96. The summed E-state index contributed by atoms with van der Waals surface area (Å²) in [5.74, 6) is 0. The first-order valence-corrected chi connectivity index (χ1v) is 4.19. The lowest BCUT2D eigenvalue weighted by Gasteiger charge is -2.23. The molecule has 11 heavy (non-hydrogen) atoms. The fourth-order valence-corrected chi connectivity index (χ4v) is 1.53. The summed E-state index contributed by atoms with van der Waals surface area (Å²) in [6.07, 6.45) is 4.11. The number of likely N-dealkylation sites (tertiary alicyclic amines) is 1. The molecule has 0 bridgehead atoms. The number of hydrogen-bond acceptors (Lipinski definition) is 2. The minimum atomic E-state index is 0.113. The van der Waals surface area contributed by atoms with Crippen molar-refractivity contribution in [1.82, 2.24) is 4.90 Å². The predicted molar refractivity (Wildman–Crippen MR) is 45.2 cm³/mol. The summed E-state index contributed by atoms with van der Waals surface area (Å²) >= 11 is 0. The third-order valence-corrected chi connectivity index (χ3v) is 2.27. The van der Waals surface area contributed by atoms with Crippen LogP contribution in [0.1, 0.15) is 26.2 Å². The molecule has 2 heteroatoms. The van der Waals surface area contributed by atoms with Gasteiger partial charge in [0.1, 0.15) is 6.29 Å². The molecule has 1 fully saturated rings. The lowest BCUT2D eigenvalue weighted by molar-refractivity contribution is -0.111. The molecular formula is C9H15NO. The van der Waals surface area contributed by atoms with Crippen molar-refractivity contribution in [2.45, 2.75) is 32.2 Å². The summed E-state index contributed by atoms with van der Waals surface area (Å²) in [5.41, 5.74) is 1.10. The topological polar surface area (TPSA) is 20.3 Å². The van der Waals surface area contributed by atoms with Gasteiger partial charge in [0.05, 0.1) is 6.04 Å². The van der Waals surface area contributed by atoms with Gasteiger partial charge in [0, 0.05) is 12.2 Å². The number of hydrogen-bond donors (Lipinski definition) is 0. The highest BCUT2D eigenvalue weighted by Gasteiger charge is 2.23. The minimum absolute atomic E-state index is 0.113. The number of carbonyl (C=O) groups excluding carboxylic acids is 1. The molecule has 62 valence electrons. The number of carbonyl (C=O) groups is 1. The van der Waals surface area contributed by atoms with Crippen molar-refractivity contribution in [2.24, 2.45) is 0 Å². The highest BCUT2D eigenvalue weighted by atomic mass is 16.1. The molecule has 1 rings (SSSR count). The average Bonchev–Trinajstić information content (AvgIpc) is 2.50. The van der Waals surface area contributed by atoms with E-state index < -0.39 is 0 Å². The Morgan fingerprint density at radius 3 is 3.09 bits per heavy atom. The van der Waals surface area contributed by atoms with E-state index in [1.165, 1.54) is 0 Å². The van der Waals surface area contributed by atoms with E-state index in [1.807, 2.05) is 0 Å². The van der Waals surface area contributed by atoms with Crippen LogP contribution < -0.4 is 0 Å². The Bertz CT molecular complexity index is 165. The zero-order valence-corrected chi connectivity index (χ0v) is 7.05. The number of aldehydes is 1. The van der Waals surface area contributed by atoms with Gasteiger partial charge in [-0.05, 0) is 19.3 Å². The fraction of sp³-hybridized carbons (Fsp3) is 0.667. The van der Waals surface area contributed by atoms with E-state index in [2.05, 4.69) is 18.4 Å². The third kappa shape index (κ3) is 1.62. The lowest BCUT2D eigenvalue weighted by atomic mass is 10.2. The molecule has 2 nitrogen and oxygen atoms in total. The molecule has 0 N–H and O–H groups in total. The summed E-state index contributed by atoms with van der Waals surface area (Å²) in [5, 5.41) is 0. The van der Waals surface area contributed by atoms with Gasteiger partial charge in [0.2, 0.25) is 0 Å². The SMILES string of the molecule is C=C(CC)N1CCC[C@H]1C=O. The number of allylic oxidation sites excluding steroid dienone is 1. The molecule has 1 atom stereocenters. The third-order valence-electron chi connectivity index (χ3n) is 2.27. The van der Waals surface area contributed by atoms with Crippen LogP contribution >= 0.6 is 0 Å².